The molecule has 0 radical (unpaired) electrons. The largest absolute Gasteiger partial charge is 0.448 e. The molecular weight excluding hydrogens is 214 g/mol. The van der Waals surface area contributed by atoms with Crippen LogP contribution in [0.15, 0.2) is 16.5 Å². The Balaban J connectivity index is 2.54. The summed E-state index contributed by atoms with van der Waals surface area (Å²) < 4.78 is 10.8. The first kappa shape index (κ1) is 12.6. The first-order valence-corrected chi connectivity index (χ1v) is 5.72. The first-order chi connectivity index (χ1) is 7.27. The molecule has 0 saturated carbocycles. The van der Waals surface area contributed by atoms with Crippen LogP contribution < -0.4 is 5.32 Å². The lowest BCUT2D eigenvalue weighted by molar-refractivity contribution is 0.116. The third-order valence-electron chi connectivity index (χ3n) is 2.07. The predicted octanol–water partition coefficient (Wildman–Crippen LogP) is 3.01. The molecule has 1 aromatic rings. The Bertz CT molecular complexity index is 267. The fourth-order valence-corrected chi connectivity index (χ4v) is 1.46. The van der Waals surface area contributed by atoms with Crippen LogP contribution in [0, 0.1) is 0 Å². The Hall–Kier alpha value is -0.510. The molecule has 0 aliphatic heterocycles. The fourth-order valence-electron chi connectivity index (χ4n) is 1.31. The second kappa shape index (κ2) is 6.88. The van der Waals surface area contributed by atoms with E-state index in [1.165, 1.54) is 0 Å². The van der Waals surface area contributed by atoms with Crippen molar-refractivity contribution in [3.05, 3.63) is 23.1 Å². The second-order valence-corrected chi connectivity index (χ2v) is 3.68. The van der Waals surface area contributed by atoms with Crippen molar-refractivity contribution >= 4 is 11.6 Å². The van der Waals surface area contributed by atoms with Crippen LogP contribution >= 0.6 is 11.6 Å². The van der Waals surface area contributed by atoms with E-state index in [1.807, 2.05) is 13.0 Å². The van der Waals surface area contributed by atoms with Crippen molar-refractivity contribution < 1.29 is 9.15 Å². The molecule has 3 nitrogen and oxygen atoms in total. The van der Waals surface area contributed by atoms with Crippen molar-refractivity contribution in [3.63, 3.8) is 0 Å². The van der Waals surface area contributed by atoms with Gasteiger partial charge in [-0.3, -0.25) is 0 Å². The molecule has 4 heteroatoms. The molecule has 0 aliphatic rings. The van der Waals surface area contributed by atoms with Crippen molar-refractivity contribution in [1.29, 1.82) is 0 Å². The maximum Gasteiger partial charge on any atom is 0.193 e. The van der Waals surface area contributed by atoms with Gasteiger partial charge >= 0.3 is 0 Å². The van der Waals surface area contributed by atoms with E-state index in [1.54, 1.807) is 6.07 Å². The van der Waals surface area contributed by atoms with Crippen molar-refractivity contribution in [2.75, 3.05) is 19.8 Å². The number of hydrogen-bond acceptors (Lipinski definition) is 3. The van der Waals surface area contributed by atoms with Gasteiger partial charge in [0.05, 0.1) is 12.6 Å². The van der Waals surface area contributed by atoms with E-state index in [0.29, 0.717) is 18.4 Å². The summed E-state index contributed by atoms with van der Waals surface area (Å²) >= 11 is 5.74. The van der Waals surface area contributed by atoms with Gasteiger partial charge in [0.25, 0.3) is 0 Å². The maximum absolute atomic E-state index is 5.74. The molecule has 1 unspecified atom stereocenters. The molecule has 86 valence electrons. The Morgan fingerprint density at radius 2 is 2.27 bits per heavy atom. The number of rotatable bonds is 7. The molecule has 0 aromatic carbocycles. The summed E-state index contributed by atoms with van der Waals surface area (Å²) in [6.45, 7) is 6.36. The maximum atomic E-state index is 5.74. The highest BCUT2D eigenvalue weighted by Crippen LogP contribution is 2.20. The van der Waals surface area contributed by atoms with E-state index < -0.39 is 0 Å². The quantitative estimate of drug-likeness (QED) is 0.784. The van der Waals surface area contributed by atoms with Gasteiger partial charge in [0.15, 0.2) is 5.22 Å². The Labute approximate surface area is 95.7 Å². The lowest BCUT2D eigenvalue weighted by atomic mass is 10.2. The van der Waals surface area contributed by atoms with Gasteiger partial charge in [-0.1, -0.05) is 6.92 Å². The molecule has 0 fully saturated rings. The minimum atomic E-state index is 0.0948. The molecule has 15 heavy (non-hydrogen) atoms. The Morgan fingerprint density at radius 3 is 2.80 bits per heavy atom. The van der Waals surface area contributed by atoms with E-state index in [-0.39, 0.29) is 6.04 Å². The molecule has 0 bridgehead atoms. The molecular formula is C11H18ClNO2. The minimum Gasteiger partial charge on any atom is -0.448 e. The van der Waals surface area contributed by atoms with Gasteiger partial charge in [-0.25, -0.2) is 0 Å². The number of furan rings is 1. The molecule has 1 atom stereocenters. The van der Waals surface area contributed by atoms with Gasteiger partial charge in [-0.15, -0.1) is 0 Å². The van der Waals surface area contributed by atoms with Crippen molar-refractivity contribution in [1.82, 2.24) is 5.32 Å². The van der Waals surface area contributed by atoms with Gasteiger partial charge in [0.1, 0.15) is 5.76 Å². The summed E-state index contributed by atoms with van der Waals surface area (Å²) in [5, 5.41) is 3.78. The summed E-state index contributed by atoms with van der Waals surface area (Å²) in [5.74, 6) is 0.835. The number of hydrogen-bond donors (Lipinski definition) is 1. The normalized spacial score (nSPS) is 13.0. The van der Waals surface area contributed by atoms with E-state index in [0.717, 1.165) is 18.7 Å². The third-order valence-corrected chi connectivity index (χ3v) is 2.27. The number of ether oxygens (including phenoxy) is 1. The minimum absolute atomic E-state index is 0.0948. The zero-order valence-corrected chi connectivity index (χ0v) is 10.0. The highest BCUT2D eigenvalue weighted by Gasteiger charge is 2.14. The predicted molar refractivity (Wildman–Crippen MR) is 61.2 cm³/mol. The van der Waals surface area contributed by atoms with E-state index >= 15 is 0 Å². The van der Waals surface area contributed by atoms with Gasteiger partial charge in [0.2, 0.25) is 0 Å². The zero-order chi connectivity index (χ0) is 11.1. The highest BCUT2D eigenvalue weighted by molar-refractivity contribution is 6.28. The molecule has 1 aromatic heterocycles. The number of halogens is 1. The van der Waals surface area contributed by atoms with Gasteiger partial charge in [0, 0.05) is 6.61 Å². The summed E-state index contributed by atoms with van der Waals surface area (Å²) in [4.78, 5) is 0. The van der Waals surface area contributed by atoms with Crippen LogP contribution in [0.4, 0.5) is 0 Å². The summed E-state index contributed by atoms with van der Waals surface area (Å²) in [6, 6.07) is 3.73. The SMILES string of the molecule is CCCNC(COCC)c1ccc(Cl)o1. The fraction of sp³-hybridized carbons (Fsp3) is 0.636. The van der Waals surface area contributed by atoms with Crippen LogP contribution in [-0.4, -0.2) is 19.8 Å². The average molecular weight is 232 g/mol. The van der Waals surface area contributed by atoms with Crippen molar-refractivity contribution in [2.45, 2.75) is 26.3 Å². The molecule has 1 heterocycles. The first-order valence-electron chi connectivity index (χ1n) is 5.34. The highest BCUT2D eigenvalue weighted by atomic mass is 35.5. The summed E-state index contributed by atoms with van der Waals surface area (Å²) in [7, 11) is 0. The molecule has 1 rings (SSSR count). The van der Waals surface area contributed by atoms with E-state index in [2.05, 4.69) is 12.2 Å². The summed E-state index contributed by atoms with van der Waals surface area (Å²) in [6.07, 6.45) is 1.08. The van der Waals surface area contributed by atoms with Crippen LogP contribution in [0.25, 0.3) is 0 Å². The second-order valence-electron chi connectivity index (χ2n) is 3.31. The van der Waals surface area contributed by atoms with Crippen LogP contribution in [0.5, 0.6) is 0 Å². The van der Waals surface area contributed by atoms with Gasteiger partial charge < -0.3 is 14.5 Å². The van der Waals surface area contributed by atoms with Gasteiger partial charge in [-0.2, -0.15) is 0 Å². The van der Waals surface area contributed by atoms with E-state index in [9.17, 15) is 0 Å². The van der Waals surface area contributed by atoms with Crippen LogP contribution in [0.2, 0.25) is 5.22 Å². The monoisotopic (exact) mass is 231 g/mol. The molecule has 1 N–H and O–H groups in total. The standard InChI is InChI=1S/C11H18ClNO2/c1-3-7-13-9(8-14-4-2)10-5-6-11(12)15-10/h5-6,9,13H,3-4,7-8H2,1-2H3. The average Bonchev–Trinajstić information content (AvgIpc) is 2.65. The van der Waals surface area contributed by atoms with Crippen molar-refractivity contribution in [3.8, 4) is 0 Å². The molecule has 0 saturated heterocycles. The summed E-state index contributed by atoms with van der Waals surface area (Å²) in [5.41, 5.74) is 0. The smallest absolute Gasteiger partial charge is 0.193 e. The number of nitrogens with one attached hydrogen (secondary N) is 1. The zero-order valence-electron chi connectivity index (χ0n) is 9.25. The molecule has 0 amide bonds. The lowest BCUT2D eigenvalue weighted by Crippen LogP contribution is -2.26. The lowest BCUT2D eigenvalue weighted by Gasteiger charge is -2.15. The third kappa shape index (κ3) is 4.24. The molecule has 0 aliphatic carbocycles. The topological polar surface area (TPSA) is 34.4 Å². The van der Waals surface area contributed by atoms with Crippen LogP contribution in [0.1, 0.15) is 32.1 Å². The van der Waals surface area contributed by atoms with Gasteiger partial charge in [-0.05, 0) is 43.6 Å². The van der Waals surface area contributed by atoms with Crippen molar-refractivity contribution in [2.24, 2.45) is 0 Å². The van der Waals surface area contributed by atoms with Crippen LogP contribution in [-0.2, 0) is 4.74 Å². The Kier molecular flexibility index (Phi) is 5.76. The van der Waals surface area contributed by atoms with E-state index in [4.69, 9.17) is 20.8 Å². The van der Waals surface area contributed by atoms with Crippen LogP contribution in [0.3, 0.4) is 0 Å². The Morgan fingerprint density at radius 1 is 1.47 bits per heavy atom. The molecule has 0 spiro atoms.